The van der Waals surface area contributed by atoms with Crippen molar-refractivity contribution in [3.8, 4) is 0 Å². The van der Waals surface area contributed by atoms with Crippen molar-refractivity contribution in [1.29, 1.82) is 0 Å². The minimum Gasteiger partial charge on any atom is -0.377 e. The zero-order chi connectivity index (χ0) is 16.3. The molecule has 5 rings (SSSR count). The van der Waals surface area contributed by atoms with E-state index in [2.05, 4.69) is 44.6 Å². The average Bonchev–Trinajstić information content (AvgIpc) is 3.21. The molecule has 0 aliphatic carbocycles. The van der Waals surface area contributed by atoms with Crippen molar-refractivity contribution in [2.45, 2.75) is 18.6 Å². The number of aromatic nitrogens is 1. The van der Waals surface area contributed by atoms with Gasteiger partial charge in [0.1, 0.15) is 5.82 Å². The predicted octanol–water partition coefficient (Wildman–Crippen LogP) is 5.31. The Bertz CT molecular complexity index is 938. The fourth-order valence-electron chi connectivity index (χ4n) is 4.12. The highest BCUT2D eigenvalue weighted by molar-refractivity contribution is 9.10. The maximum absolute atomic E-state index is 13.7. The quantitative estimate of drug-likeness (QED) is 0.594. The second-order valence-electron chi connectivity index (χ2n) is 6.53. The highest BCUT2D eigenvalue weighted by Gasteiger charge is 2.42. The molecular formula is C19H16BrFN2O. The molecule has 0 radical (unpaired) electrons. The van der Waals surface area contributed by atoms with Gasteiger partial charge in [-0.2, -0.15) is 0 Å². The first-order chi connectivity index (χ1) is 11.7. The zero-order valence-electron chi connectivity index (χ0n) is 12.9. The molecule has 0 spiro atoms. The summed E-state index contributed by atoms with van der Waals surface area (Å²) < 4.78 is 20.7. The highest BCUT2D eigenvalue weighted by Crippen LogP contribution is 2.50. The lowest BCUT2D eigenvalue weighted by molar-refractivity contribution is 0.0828. The number of hydrogen-bond acceptors (Lipinski definition) is 2. The molecule has 2 N–H and O–H groups in total. The average molecular weight is 387 g/mol. The van der Waals surface area contributed by atoms with E-state index in [-0.39, 0.29) is 18.0 Å². The molecule has 3 unspecified atom stereocenters. The number of anilines is 1. The molecule has 2 aliphatic heterocycles. The molecule has 3 heterocycles. The van der Waals surface area contributed by atoms with Gasteiger partial charge in [-0.25, -0.2) is 4.39 Å². The molecule has 2 aliphatic rings. The summed E-state index contributed by atoms with van der Waals surface area (Å²) in [6.07, 6.45) is 3.01. The van der Waals surface area contributed by atoms with Crippen LogP contribution in [0.3, 0.4) is 0 Å². The summed E-state index contributed by atoms with van der Waals surface area (Å²) >= 11 is 3.56. The summed E-state index contributed by atoms with van der Waals surface area (Å²) in [4.78, 5) is 3.36. The number of rotatable bonds is 1. The lowest BCUT2D eigenvalue weighted by Gasteiger charge is -2.36. The molecule has 3 nitrogen and oxygen atoms in total. The van der Waals surface area contributed by atoms with Crippen LogP contribution in [0.5, 0.6) is 0 Å². The van der Waals surface area contributed by atoms with Crippen LogP contribution in [0.4, 0.5) is 10.1 Å². The third-order valence-corrected chi connectivity index (χ3v) is 5.70. The standard InChI is InChI=1S/C19H16BrFN2O/c20-10-1-3-16-13(7-10)15(9-22-16)18-12-5-6-24-19(12)14-8-11(21)2-4-17(14)23-18/h1-4,7-9,12,18-19,22-23H,5-6H2. The number of hydrogen-bond donors (Lipinski definition) is 2. The third-order valence-electron chi connectivity index (χ3n) is 5.21. The SMILES string of the molecule is Fc1ccc2c(c1)C1OCCC1C(c1c[nH]c3ccc(Br)cc13)N2. The number of aromatic amines is 1. The van der Waals surface area contributed by atoms with Crippen molar-refractivity contribution in [2.24, 2.45) is 5.92 Å². The van der Waals surface area contributed by atoms with Gasteiger partial charge in [-0.1, -0.05) is 15.9 Å². The van der Waals surface area contributed by atoms with Gasteiger partial charge in [0.15, 0.2) is 0 Å². The van der Waals surface area contributed by atoms with E-state index in [0.717, 1.165) is 34.3 Å². The maximum Gasteiger partial charge on any atom is 0.123 e. The van der Waals surface area contributed by atoms with E-state index < -0.39 is 0 Å². The number of nitrogens with one attached hydrogen (secondary N) is 2. The van der Waals surface area contributed by atoms with Crippen LogP contribution >= 0.6 is 15.9 Å². The molecule has 0 saturated carbocycles. The van der Waals surface area contributed by atoms with Crippen molar-refractivity contribution in [1.82, 2.24) is 4.98 Å². The van der Waals surface area contributed by atoms with E-state index in [1.54, 1.807) is 6.07 Å². The van der Waals surface area contributed by atoms with Crippen molar-refractivity contribution in [3.05, 3.63) is 64.0 Å². The first-order valence-electron chi connectivity index (χ1n) is 8.15. The van der Waals surface area contributed by atoms with E-state index in [0.29, 0.717) is 5.92 Å². The largest absolute Gasteiger partial charge is 0.377 e. The Labute approximate surface area is 147 Å². The van der Waals surface area contributed by atoms with Crippen LogP contribution < -0.4 is 5.32 Å². The Morgan fingerprint density at radius 1 is 1.12 bits per heavy atom. The summed E-state index contributed by atoms with van der Waals surface area (Å²) in [5.41, 5.74) is 4.26. The van der Waals surface area contributed by atoms with E-state index >= 15 is 0 Å². The van der Waals surface area contributed by atoms with Gasteiger partial charge in [0.25, 0.3) is 0 Å². The second kappa shape index (κ2) is 5.33. The second-order valence-corrected chi connectivity index (χ2v) is 7.45. The number of ether oxygens (including phenoxy) is 1. The van der Waals surface area contributed by atoms with Crippen molar-refractivity contribution in [2.75, 3.05) is 11.9 Å². The molecule has 1 saturated heterocycles. The maximum atomic E-state index is 13.7. The minimum atomic E-state index is -0.209. The molecule has 122 valence electrons. The number of fused-ring (bicyclic) bond motifs is 4. The van der Waals surface area contributed by atoms with Crippen molar-refractivity contribution in [3.63, 3.8) is 0 Å². The summed E-state index contributed by atoms with van der Waals surface area (Å²) in [7, 11) is 0. The van der Waals surface area contributed by atoms with Gasteiger partial charge >= 0.3 is 0 Å². The van der Waals surface area contributed by atoms with Crippen molar-refractivity contribution < 1.29 is 9.13 Å². The van der Waals surface area contributed by atoms with Gasteiger partial charge in [-0.3, -0.25) is 0 Å². The molecule has 5 heteroatoms. The molecule has 1 aromatic heterocycles. The summed E-state index contributed by atoms with van der Waals surface area (Å²) in [5, 5.41) is 4.83. The topological polar surface area (TPSA) is 37.0 Å². The van der Waals surface area contributed by atoms with Gasteiger partial charge in [-0.05, 0) is 42.8 Å². The molecule has 0 amide bonds. The zero-order valence-corrected chi connectivity index (χ0v) is 14.4. The number of H-pyrrole nitrogens is 1. The third kappa shape index (κ3) is 2.11. The molecule has 3 atom stereocenters. The van der Waals surface area contributed by atoms with Gasteiger partial charge in [0.2, 0.25) is 0 Å². The Kier molecular flexibility index (Phi) is 3.22. The first-order valence-corrected chi connectivity index (χ1v) is 8.94. The normalized spacial score (nSPS) is 25.3. The van der Waals surface area contributed by atoms with Crippen LogP contribution in [-0.4, -0.2) is 11.6 Å². The van der Waals surface area contributed by atoms with Crippen LogP contribution in [0, 0.1) is 11.7 Å². The lowest BCUT2D eigenvalue weighted by atomic mass is 9.81. The van der Waals surface area contributed by atoms with Crippen LogP contribution in [0.1, 0.15) is 29.7 Å². The van der Waals surface area contributed by atoms with Gasteiger partial charge in [0, 0.05) is 50.9 Å². The van der Waals surface area contributed by atoms with Crippen molar-refractivity contribution >= 4 is 32.5 Å². The van der Waals surface area contributed by atoms with Crippen LogP contribution in [0.25, 0.3) is 10.9 Å². The van der Waals surface area contributed by atoms with Gasteiger partial charge in [0.05, 0.1) is 12.1 Å². The van der Waals surface area contributed by atoms with E-state index in [9.17, 15) is 4.39 Å². The Morgan fingerprint density at radius 3 is 2.96 bits per heavy atom. The summed E-state index contributed by atoms with van der Waals surface area (Å²) in [6.45, 7) is 0.718. The highest BCUT2D eigenvalue weighted by atomic mass is 79.9. The van der Waals surface area contributed by atoms with E-state index in [4.69, 9.17) is 4.74 Å². The summed E-state index contributed by atoms with van der Waals surface area (Å²) in [5.74, 6) is 0.0940. The van der Waals surface area contributed by atoms with Crippen LogP contribution in [0.2, 0.25) is 0 Å². The van der Waals surface area contributed by atoms with E-state index in [1.807, 2.05) is 12.1 Å². The van der Waals surface area contributed by atoms with Crippen LogP contribution in [-0.2, 0) is 4.74 Å². The fraction of sp³-hybridized carbons (Fsp3) is 0.263. The van der Waals surface area contributed by atoms with Crippen LogP contribution in [0.15, 0.2) is 47.1 Å². The minimum absolute atomic E-state index is 0.0425. The fourth-order valence-corrected chi connectivity index (χ4v) is 4.48. The molecule has 24 heavy (non-hydrogen) atoms. The smallest absolute Gasteiger partial charge is 0.123 e. The summed E-state index contributed by atoms with van der Waals surface area (Å²) in [6, 6.07) is 11.3. The molecule has 3 aromatic rings. The molecule has 0 bridgehead atoms. The number of halogens is 2. The molecule has 1 fully saturated rings. The van der Waals surface area contributed by atoms with Gasteiger partial charge < -0.3 is 15.0 Å². The monoisotopic (exact) mass is 386 g/mol. The Hall–Kier alpha value is -1.85. The predicted molar refractivity (Wildman–Crippen MR) is 95.6 cm³/mol. The van der Waals surface area contributed by atoms with Gasteiger partial charge in [-0.15, -0.1) is 0 Å². The Balaban J connectivity index is 1.65. The number of benzene rings is 2. The molecular weight excluding hydrogens is 371 g/mol. The lowest BCUT2D eigenvalue weighted by Crippen LogP contribution is -2.29. The molecule has 2 aromatic carbocycles. The van der Waals surface area contributed by atoms with E-state index in [1.165, 1.54) is 17.0 Å². The Morgan fingerprint density at radius 2 is 2.04 bits per heavy atom. The first kappa shape index (κ1) is 14.5.